The van der Waals surface area contributed by atoms with Crippen LogP contribution in [-0.2, 0) is 5.60 Å². The van der Waals surface area contributed by atoms with Crippen LogP contribution in [0.3, 0.4) is 0 Å². The number of hydrogen-bond donors (Lipinski definition) is 1. The van der Waals surface area contributed by atoms with Crippen molar-refractivity contribution < 1.29 is 5.11 Å². The van der Waals surface area contributed by atoms with Crippen LogP contribution in [0.25, 0.3) is 0 Å². The molecule has 0 spiro atoms. The van der Waals surface area contributed by atoms with Gasteiger partial charge in [0.2, 0.25) is 0 Å². The van der Waals surface area contributed by atoms with Gasteiger partial charge in [-0.05, 0) is 57.0 Å². The fourth-order valence-electron chi connectivity index (χ4n) is 2.43. The molecule has 1 atom stereocenters. The summed E-state index contributed by atoms with van der Waals surface area (Å²) in [4.78, 5) is 2.36. The van der Waals surface area contributed by atoms with E-state index in [9.17, 15) is 5.11 Å². The van der Waals surface area contributed by atoms with Crippen LogP contribution in [-0.4, -0.2) is 30.1 Å². The average molecular weight is 298 g/mol. The second-order valence-corrected chi connectivity index (χ2v) is 6.40. The molecule has 1 saturated heterocycles. The van der Waals surface area contributed by atoms with Gasteiger partial charge in [0.25, 0.3) is 0 Å². The summed E-state index contributed by atoms with van der Waals surface area (Å²) < 4.78 is 1.12. The van der Waals surface area contributed by atoms with E-state index in [1.165, 1.54) is 18.5 Å². The largest absolute Gasteiger partial charge is 0.386 e. The number of nitrogens with zero attached hydrogens (tertiary/aromatic N) is 1. The lowest BCUT2D eigenvalue weighted by Gasteiger charge is -2.20. The third kappa shape index (κ3) is 2.90. The monoisotopic (exact) mass is 297 g/mol. The van der Waals surface area contributed by atoms with Crippen molar-refractivity contribution in [3.05, 3.63) is 33.8 Å². The number of benzene rings is 1. The minimum absolute atomic E-state index is 0.616. The predicted molar refractivity (Wildman–Crippen MR) is 74.2 cm³/mol. The zero-order valence-electron chi connectivity index (χ0n) is 10.7. The Kier molecular flexibility index (Phi) is 3.62. The van der Waals surface area contributed by atoms with Gasteiger partial charge in [-0.2, -0.15) is 0 Å². The highest BCUT2D eigenvalue weighted by molar-refractivity contribution is 9.10. The highest BCUT2D eigenvalue weighted by atomic mass is 79.9. The average Bonchev–Trinajstić information content (AvgIpc) is 2.63. The molecule has 0 aliphatic carbocycles. The smallest absolute Gasteiger partial charge is 0.0840 e. The first-order valence-corrected chi connectivity index (χ1v) is 6.88. The van der Waals surface area contributed by atoms with Gasteiger partial charge >= 0.3 is 0 Å². The highest BCUT2D eigenvalue weighted by Crippen LogP contribution is 2.34. The SMILES string of the molecule is CN1CCC(c2ccc(C(C)(C)O)cc2Br)C1. The molecule has 2 nitrogen and oxygen atoms in total. The second-order valence-electron chi connectivity index (χ2n) is 5.54. The molecular formula is C14H20BrNO. The van der Waals surface area contributed by atoms with Gasteiger partial charge in [-0.25, -0.2) is 0 Å². The maximum Gasteiger partial charge on any atom is 0.0840 e. The molecule has 3 heteroatoms. The topological polar surface area (TPSA) is 23.5 Å². The van der Waals surface area contributed by atoms with Gasteiger partial charge in [0.1, 0.15) is 0 Å². The lowest BCUT2D eigenvalue weighted by atomic mass is 9.93. The van der Waals surface area contributed by atoms with Crippen molar-refractivity contribution in [1.29, 1.82) is 0 Å². The second kappa shape index (κ2) is 4.71. The summed E-state index contributed by atoms with van der Waals surface area (Å²) in [7, 11) is 2.17. The molecule has 17 heavy (non-hydrogen) atoms. The van der Waals surface area contributed by atoms with Gasteiger partial charge in [0.15, 0.2) is 0 Å². The molecule has 0 radical (unpaired) electrons. The summed E-state index contributed by atoms with van der Waals surface area (Å²) in [6.07, 6.45) is 1.22. The Balaban J connectivity index is 2.26. The number of likely N-dealkylation sites (tertiary alicyclic amines) is 1. The van der Waals surface area contributed by atoms with Crippen LogP contribution >= 0.6 is 15.9 Å². The summed E-state index contributed by atoms with van der Waals surface area (Å²) in [5.41, 5.74) is 1.55. The normalized spacial score (nSPS) is 22.1. The number of likely N-dealkylation sites (N-methyl/N-ethyl adjacent to an activating group) is 1. The van der Waals surface area contributed by atoms with Crippen molar-refractivity contribution >= 4 is 15.9 Å². The van der Waals surface area contributed by atoms with Crippen molar-refractivity contribution in [2.45, 2.75) is 31.8 Å². The van der Waals surface area contributed by atoms with Crippen molar-refractivity contribution in [3.63, 3.8) is 0 Å². The number of hydrogen-bond acceptors (Lipinski definition) is 2. The molecule has 1 aromatic carbocycles. The molecule has 0 saturated carbocycles. The van der Waals surface area contributed by atoms with Crippen molar-refractivity contribution in [1.82, 2.24) is 4.90 Å². The maximum absolute atomic E-state index is 9.98. The lowest BCUT2D eigenvalue weighted by molar-refractivity contribution is 0.0785. The summed E-state index contributed by atoms with van der Waals surface area (Å²) in [5, 5.41) is 9.98. The maximum atomic E-state index is 9.98. The Bertz CT molecular complexity index is 411. The van der Waals surface area contributed by atoms with E-state index in [1.807, 2.05) is 26.0 Å². The fourth-order valence-corrected chi connectivity index (χ4v) is 3.13. The van der Waals surface area contributed by atoms with E-state index in [0.717, 1.165) is 16.6 Å². The molecule has 1 heterocycles. The van der Waals surface area contributed by atoms with Crippen LogP contribution in [0.1, 0.15) is 37.3 Å². The van der Waals surface area contributed by atoms with E-state index >= 15 is 0 Å². The standard InChI is InChI=1S/C14H20BrNO/c1-14(2,17)11-4-5-12(13(15)8-11)10-6-7-16(3)9-10/h4-5,8,10,17H,6-7,9H2,1-3H3. The Morgan fingerprint density at radius 3 is 2.59 bits per heavy atom. The quantitative estimate of drug-likeness (QED) is 0.907. The van der Waals surface area contributed by atoms with Gasteiger partial charge in [-0.1, -0.05) is 28.1 Å². The zero-order chi connectivity index (χ0) is 12.6. The molecule has 0 bridgehead atoms. The van der Waals surface area contributed by atoms with E-state index in [4.69, 9.17) is 0 Å². The van der Waals surface area contributed by atoms with Gasteiger partial charge < -0.3 is 10.0 Å². The highest BCUT2D eigenvalue weighted by Gasteiger charge is 2.24. The van der Waals surface area contributed by atoms with Crippen molar-refractivity contribution in [2.24, 2.45) is 0 Å². The van der Waals surface area contributed by atoms with Crippen LogP contribution in [0.4, 0.5) is 0 Å². The molecule has 94 valence electrons. The molecule has 1 fully saturated rings. The summed E-state index contributed by atoms with van der Waals surface area (Å²) in [6, 6.07) is 6.24. The molecule has 1 unspecified atom stereocenters. The van der Waals surface area contributed by atoms with Crippen LogP contribution in [0.5, 0.6) is 0 Å². The minimum Gasteiger partial charge on any atom is -0.386 e. The zero-order valence-corrected chi connectivity index (χ0v) is 12.3. The summed E-state index contributed by atoms with van der Waals surface area (Å²) >= 11 is 3.64. The fraction of sp³-hybridized carbons (Fsp3) is 0.571. The van der Waals surface area contributed by atoms with Crippen LogP contribution < -0.4 is 0 Å². The van der Waals surface area contributed by atoms with E-state index in [1.54, 1.807) is 0 Å². The lowest BCUT2D eigenvalue weighted by Crippen LogP contribution is -2.16. The third-order valence-electron chi connectivity index (χ3n) is 3.54. The Morgan fingerprint density at radius 1 is 1.41 bits per heavy atom. The number of rotatable bonds is 2. The van der Waals surface area contributed by atoms with Crippen molar-refractivity contribution in [3.8, 4) is 0 Å². The van der Waals surface area contributed by atoms with E-state index in [0.29, 0.717) is 5.92 Å². The van der Waals surface area contributed by atoms with Gasteiger partial charge in [0.05, 0.1) is 5.60 Å². The van der Waals surface area contributed by atoms with Crippen LogP contribution in [0.2, 0.25) is 0 Å². The molecule has 1 aliphatic heterocycles. The molecule has 0 amide bonds. The summed E-state index contributed by atoms with van der Waals surface area (Å²) in [6.45, 7) is 5.93. The van der Waals surface area contributed by atoms with E-state index < -0.39 is 5.60 Å². The first-order valence-electron chi connectivity index (χ1n) is 6.09. The molecular weight excluding hydrogens is 278 g/mol. The van der Waals surface area contributed by atoms with Gasteiger partial charge in [0, 0.05) is 11.0 Å². The van der Waals surface area contributed by atoms with E-state index in [2.05, 4.69) is 33.9 Å². The molecule has 1 aromatic rings. The third-order valence-corrected chi connectivity index (χ3v) is 4.22. The molecule has 1 aliphatic rings. The minimum atomic E-state index is -0.770. The first-order chi connectivity index (χ1) is 7.88. The Labute approximate surface area is 112 Å². The van der Waals surface area contributed by atoms with Gasteiger partial charge in [-0.15, -0.1) is 0 Å². The van der Waals surface area contributed by atoms with Gasteiger partial charge in [-0.3, -0.25) is 0 Å². The molecule has 2 rings (SSSR count). The number of halogens is 1. The summed E-state index contributed by atoms with van der Waals surface area (Å²) in [5.74, 6) is 0.616. The Hall–Kier alpha value is -0.380. The van der Waals surface area contributed by atoms with Crippen LogP contribution in [0.15, 0.2) is 22.7 Å². The molecule has 1 N–H and O–H groups in total. The van der Waals surface area contributed by atoms with Crippen molar-refractivity contribution in [2.75, 3.05) is 20.1 Å². The number of aliphatic hydroxyl groups is 1. The van der Waals surface area contributed by atoms with Crippen LogP contribution in [0, 0.1) is 0 Å². The van der Waals surface area contributed by atoms with E-state index in [-0.39, 0.29) is 0 Å². The Morgan fingerprint density at radius 2 is 2.12 bits per heavy atom. The first kappa shape index (κ1) is 13.1. The molecule has 0 aromatic heterocycles. The predicted octanol–water partition coefficient (Wildman–Crippen LogP) is 3.10.